The fourth-order valence-electron chi connectivity index (χ4n) is 1.79. The van der Waals surface area contributed by atoms with Crippen molar-refractivity contribution in [2.45, 2.75) is 38.0 Å². The molecule has 0 saturated carbocycles. The number of fused-ring (bicyclic) bond motifs is 1. The summed E-state index contributed by atoms with van der Waals surface area (Å²) in [5.41, 5.74) is 0.749. The third-order valence-corrected chi connectivity index (χ3v) is 4.43. The van der Waals surface area contributed by atoms with Crippen molar-refractivity contribution in [3.8, 4) is 5.75 Å². The van der Waals surface area contributed by atoms with Crippen molar-refractivity contribution in [2.24, 2.45) is 0 Å². The summed E-state index contributed by atoms with van der Waals surface area (Å²) in [6.45, 7) is 6.27. The maximum Gasteiger partial charge on any atom is 0.136 e. The predicted molar refractivity (Wildman–Crippen MR) is 70.3 cm³/mol. The van der Waals surface area contributed by atoms with Crippen molar-refractivity contribution < 1.29 is 13.7 Å². The van der Waals surface area contributed by atoms with Gasteiger partial charge >= 0.3 is 0 Å². The fourth-order valence-corrected chi connectivity index (χ4v) is 2.65. The Morgan fingerprint density at radius 1 is 1.44 bits per heavy atom. The molecule has 1 aromatic carbocycles. The van der Waals surface area contributed by atoms with Crippen LogP contribution < -0.4 is 9.46 Å². The Labute approximate surface area is 110 Å². The highest BCUT2D eigenvalue weighted by molar-refractivity contribution is 7.90. The molecular formula is C13H18FNO2S. The van der Waals surface area contributed by atoms with E-state index in [1.54, 1.807) is 6.07 Å². The minimum Gasteiger partial charge on any atom is -0.598 e. The predicted octanol–water partition coefficient (Wildman–Crippen LogP) is 2.70. The fraction of sp³-hybridized carbons (Fsp3) is 0.538. The average Bonchev–Trinajstić information content (AvgIpc) is 2.28. The van der Waals surface area contributed by atoms with Crippen LogP contribution in [0.5, 0.6) is 5.75 Å². The third kappa shape index (κ3) is 2.96. The molecule has 1 aliphatic heterocycles. The molecule has 0 bridgehead atoms. The van der Waals surface area contributed by atoms with Crippen molar-refractivity contribution in [1.82, 2.24) is 4.72 Å². The molecule has 0 radical (unpaired) electrons. The lowest BCUT2D eigenvalue weighted by Gasteiger charge is -2.31. The van der Waals surface area contributed by atoms with Gasteiger partial charge in [-0.15, -0.1) is 4.72 Å². The van der Waals surface area contributed by atoms with Gasteiger partial charge in [0.25, 0.3) is 0 Å². The molecule has 0 saturated heterocycles. The summed E-state index contributed by atoms with van der Waals surface area (Å²) in [4.78, 5) is 0. The normalized spacial score (nSPS) is 21.1. The Morgan fingerprint density at radius 3 is 2.83 bits per heavy atom. The maximum absolute atomic E-state index is 13.3. The lowest BCUT2D eigenvalue weighted by Crippen LogP contribution is -2.42. The van der Waals surface area contributed by atoms with E-state index >= 15 is 0 Å². The topological polar surface area (TPSA) is 44.3 Å². The second kappa shape index (κ2) is 5.07. The first kappa shape index (κ1) is 13.6. The second-order valence-corrected chi connectivity index (χ2v) is 7.37. The van der Waals surface area contributed by atoms with Crippen LogP contribution in [0.3, 0.4) is 0 Å². The van der Waals surface area contributed by atoms with E-state index < -0.39 is 11.4 Å². The van der Waals surface area contributed by atoms with E-state index in [1.807, 2.05) is 20.8 Å². The van der Waals surface area contributed by atoms with Gasteiger partial charge in [0.1, 0.15) is 16.3 Å². The van der Waals surface area contributed by atoms with Gasteiger partial charge in [0, 0.05) is 23.3 Å². The van der Waals surface area contributed by atoms with Crippen LogP contribution in [0.2, 0.25) is 0 Å². The van der Waals surface area contributed by atoms with Crippen molar-refractivity contribution in [1.29, 1.82) is 0 Å². The van der Waals surface area contributed by atoms with Crippen LogP contribution in [-0.4, -0.2) is 15.9 Å². The molecule has 5 heteroatoms. The Bertz CT molecular complexity index is 433. The molecule has 0 amide bonds. The van der Waals surface area contributed by atoms with Crippen molar-refractivity contribution >= 4 is 11.4 Å². The smallest absolute Gasteiger partial charge is 0.136 e. The zero-order valence-electron chi connectivity index (χ0n) is 10.8. The highest BCUT2D eigenvalue weighted by Crippen LogP contribution is 2.33. The average molecular weight is 271 g/mol. The summed E-state index contributed by atoms with van der Waals surface area (Å²) in [5, 5.41) is 0. The molecule has 100 valence electrons. The number of halogens is 1. The Hall–Kier alpha value is -0.780. The molecule has 1 N–H and O–H groups in total. The SMILES string of the molecule is CC(C)(C)[S+]([O-])N[C@H]1CCOc2ccc(F)cc21. The van der Waals surface area contributed by atoms with Crippen molar-refractivity contribution in [3.63, 3.8) is 0 Å². The van der Waals surface area contributed by atoms with E-state index in [0.29, 0.717) is 18.8 Å². The minimum absolute atomic E-state index is 0.121. The Morgan fingerprint density at radius 2 is 2.17 bits per heavy atom. The van der Waals surface area contributed by atoms with E-state index in [-0.39, 0.29) is 16.6 Å². The monoisotopic (exact) mass is 271 g/mol. The summed E-state index contributed by atoms with van der Waals surface area (Å²) in [5.74, 6) is 0.374. The molecule has 1 unspecified atom stereocenters. The van der Waals surface area contributed by atoms with Gasteiger partial charge < -0.3 is 9.29 Å². The van der Waals surface area contributed by atoms with Crippen LogP contribution >= 0.6 is 0 Å². The molecule has 2 atom stereocenters. The van der Waals surface area contributed by atoms with Crippen LogP contribution in [0.15, 0.2) is 18.2 Å². The highest BCUT2D eigenvalue weighted by atomic mass is 32.2. The van der Waals surface area contributed by atoms with E-state index in [0.717, 1.165) is 5.56 Å². The van der Waals surface area contributed by atoms with E-state index in [9.17, 15) is 8.94 Å². The molecule has 0 spiro atoms. The lowest BCUT2D eigenvalue weighted by atomic mass is 10.0. The zero-order chi connectivity index (χ0) is 13.3. The maximum atomic E-state index is 13.3. The van der Waals surface area contributed by atoms with Crippen molar-refractivity contribution in [3.05, 3.63) is 29.6 Å². The van der Waals surface area contributed by atoms with Gasteiger partial charge in [0.05, 0.1) is 12.6 Å². The van der Waals surface area contributed by atoms with Gasteiger partial charge in [-0.25, -0.2) is 4.39 Å². The van der Waals surface area contributed by atoms with Crippen LogP contribution in [0.25, 0.3) is 0 Å². The van der Waals surface area contributed by atoms with E-state index in [2.05, 4.69) is 4.72 Å². The molecule has 18 heavy (non-hydrogen) atoms. The summed E-state index contributed by atoms with van der Waals surface area (Å²) < 4.78 is 33.6. The van der Waals surface area contributed by atoms with Crippen LogP contribution in [0.1, 0.15) is 38.8 Å². The molecule has 1 aromatic rings. The van der Waals surface area contributed by atoms with Crippen LogP contribution in [0, 0.1) is 5.82 Å². The number of rotatable bonds is 2. The largest absolute Gasteiger partial charge is 0.598 e. The van der Waals surface area contributed by atoms with Gasteiger partial charge in [-0.1, -0.05) is 0 Å². The summed E-state index contributed by atoms with van der Waals surface area (Å²) in [7, 11) is 0. The van der Waals surface area contributed by atoms with E-state index in [1.165, 1.54) is 12.1 Å². The lowest BCUT2D eigenvalue weighted by molar-refractivity contribution is 0.261. The molecule has 3 nitrogen and oxygen atoms in total. The molecule has 2 rings (SSSR count). The van der Waals surface area contributed by atoms with Gasteiger partial charge in [0.15, 0.2) is 0 Å². The zero-order valence-corrected chi connectivity index (χ0v) is 11.6. The summed E-state index contributed by atoms with van der Waals surface area (Å²) in [6, 6.07) is 4.33. The minimum atomic E-state index is -1.18. The van der Waals surface area contributed by atoms with Gasteiger partial charge in [0.2, 0.25) is 0 Å². The molecule has 0 aromatic heterocycles. The Balaban J connectivity index is 2.20. The summed E-state index contributed by atoms with van der Waals surface area (Å²) >= 11 is -1.18. The molecule has 1 heterocycles. The highest BCUT2D eigenvalue weighted by Gasteiger charge is 2.32. The second-order valence-electron chi connectivity index (χ2n) is 5.37. The van der Waals surface area contributed by atoms with Gasteiger partial charge in [-0.2, -0.15) is 0 Å². The van der Waals surface area contributed by atoms with Crippen LogP contribution in [-0.2, 0) is 11.4 Å². The standard InChI is InChI=1S/C13H18FNO2S/c1-13(2,3)18(16)15-11-6-7-17-12-5-4-9(14)8-10(11)12/h4-5,8,11,15H,6-7H2,1-3H3/t11-,18?/m0/s1. The number of benzene rings is 1. The first-order valence-corrected chi connectivity index (χ1v) is 7.13. The van der Waals surface area contributed by atoms with E-state index in [4.69, 9.17) is 4.74 Å². The molecule has 0 fully saturated rings. The number of hydrogen-bond donors (Lipinski definition) is 1. The number of ether oxygens (including phenoxy) is 1. The molecule has 1 aliphatic rings. The molecule has 0 aliphatic carbocycles. The first-order chi connectivity index (χ1) is 8.38. The Kier molecular flexibility index (Phi) is 3.84. The number of hydrogen-bond acceptors (Lipinski definition) is 3. The third-order valence-electron chi connectivity index (χ3n) is 2.82. The number of nitrogens with one attached hydrogen (secondary N) is 1. The van der Waals surface area contributed by atoms with Gasteiger partial charge in [-0.05, 0) is 39.0 Å². The van der Waals surface area contributed by atoms with Crippen molar-refractivity contribution in [2.75, 3.05) is 6.61 Å². The summed E-state index contributed by atoms with van der Waals surface area (Å²) in [6.07, 6.45) is 0.693. The molecular weight excluding hydrogens is 253 g/mol. The van der Waals surface area contributed by atoms with Gasteiger partial charge in [-0.3, -0.25) is 0 Å². The first-order valence-electron chi connectivity index (χ1n) is 5.98. The quantitative estimate of drug-likeness (QED) is 0.841. The van der Waals surface area contributed by atoms with Crippen LogP contribution in [0.4, 0.5) is 4.39 Å².